The average molecular weight is 718 g/mol. The summed E-state index contributed by atoms with van der Waals surface area (Å²) in [6.07, 6.45) is 0. The minimum atomic E-state index is 0.671. The van der Waals surface area contributed by atoms with Crippen LogP contribution in [0, 0.1) is 0 Å². The maximum absolute atomic E-state index is 6.75. The molecule has 6 heteroatoms. The van der Waals surface area contributed by atoms with Crippen molar-refractivity contribution in [1.82, 2.24) is 23.9 Å². The van der Waals surface area contributed by atoms with E-state index in [0.717, 1.165) is 94.2 Å². The van der Waals surface area contributed by atoms with Crippen molar-refractivity contribution < 1.29 is 4.42 Å². The molecular formula is C50H31N5O. The molecule has 0 unspecified atom stereocenters. The third-order valence-corrected chi connectivity index (χ3v) is 11.1. The molecule has 0 saturated carbocycles. The second kappa shape index (κ2) is 11.9. The van der Waals surface area contributed by atoms with E-state index in [1.807, 2.05) is 35.0 Å². The van der Waals surface area contributed by atoms with Gasteiger partial charge in [0.15, 0.2) is 17.2 Å². The molecule has 6 nitrogen and oxygen atoms in total. The van der Waals surface area contributed by atoms with Crippen LogP contribution >= 0.6 is 0 Å². The van der Waals surface area contributed by atoms with E-state index >= 15 is 0 Å². The molecule has 4 heterocycles. The first-order valence-electron chi connectivity index (χ1n) is 18.9. The minimum absolute atomic E-state index is 0.671. The van der Waals surface area contributed by atoms with Crippen LogP contribution in [0.5, 0.6) is 0 Å². The fourth-order valence-corrected chi connectivity index (χ4v) is 8.71. The highest BCUT2D eigenvalue weighted by Gasteiger charge is 2.25. The maximum atomic E-state index is 6.75. The van der Waals surface area contributed by atoms with Crippen LogP contribution in [0.3, 0.4) is 0 Å². The Morgan fingerprint density at radius 2 is 0.893 bits per heavy atom. The van der Waals surface area contributed by atoms with Crippen molar-refractivity contribution in [2.45, 2.75) is 0 Å². The molecule has 12 rings (SSSR count). The number of furan rings is 1. The van der Waals surface area contributed by atoms with Crippen molar-refractivity contribution in [3.63, 3.8) is 0 Å². The van der Waals surface area contributed by atoms with E-state index < -0.39 is 0 Å². The molecule has 262 valence electrons. The van der Waals surface area contributed by atoms with Crippen LogP contribution in [-0.4, -0.2) is 23.9 Å². The van der Waals surface area contributed by atoms with E-state index in [1.165, 1.54) is 5.39 Å². The van der Waals surface area contributed by atoms with Crippen molar-refractivity contribution in [3.8, 4) is 39.8 Å². The zero-order valence-corrected chi connectivity index (χ0v) is 30.0. The zero-order chi connectivity index (χ0) is 36.7. The summed E-state index contributed by atoms with van der Waals surface area (Å²) in [5, 5.41) is 12.1. The molecular weight excluding hydrogens is 687 g/mol. The van der Waals surface area contributed by atoms with Gasteiger partial charge in [0.25, 0.3) is 0 Å². The van der Waals surface area contributed by atoms with E-state index in [0.29, 0.717) is 5.82 Å². The molecule has 0 spiro atoms. The largest absolute Gasteiger partial charge is 0.454 e. The summed E-state index contributed by atoms with van der Waals surface area (Å²) in [6, 6.07) is 65.9. The fourth-order valence-electron chi connectivity index (χ4n) is 8.71. The Balaban J connectivity index is 1.20. The Kier molecular flexibility index (Phi) is 6.53. The van der Waals surface area contributed by atoms with Crippen molar-refractivity contribution in [1.29, 1.82) is 0 Å². The van der Waals surface area contributed by atoms with E-state index in [9.17, 15) is 0 Å². The Morgan fingerprint density at radius 1 is 0.375 bits per heavy atom. The van der Waals surface area contributed by atoms with E-state index in [1.54, 1.807) is 0 Å². The van der Waals surface area contributed by atoms with Crippen molar-refractivity contribution >= 4 is 65.6 Å². The summed E-state index contributed by atoms with van der Waals surface area (Å²) in [5.41, 5.74) is 11.0. The predicted octanol–water partition coefficient (Wildman–Crippen LogP) is 12.7. The summed E-state index contributed by atoms with van der Waals surface area (Å²) in [6.45, 7) is 0. The zero-order valence-electron chi connectivity index (χ0n) is 30.0. The predicted molar refractivity (Wildman–Crippen MR) is 228 cm³/mol. The molecule has 0 atom stereocenters. The van der Waals surface area contributed by atoms with Crippen LogP contribution in [0.2, 0.25) is 0 Å². The third-order valence-electron chi connectivity index (χ3n) is 11.1. The van der Waals surface area contributed by atoms with Crippen molar-refractivity contribution in [2.24, 2.45) is 0 Å². The number of benzene rings is 8. The van der Waals surface area contributed by atoms with E-state index in [-0.39, 0.29) is 0 Å². The van der Waals surface area contributed by atoms with Crippen LogP contribution in [-0.2, 0) is 0 Å². The van der Waals surface area contributed by atoms with Crippen LogP contribution in [0.1, 0.15) is 0 Å². The lowest BCUT2D eigenvalue weighted by molar-refractivity contribution is 0.671. The second-order valence-corrected chi connectivity index (χ2v) is 14.2. The first-order chi connectivity index (χ1) is 27.8. The smallest absolute Gasteiger partial charge is 0.182 e. The molecule has 12 aromatic rings. The van der Waals surface area contributed by atoms with Crippen LogP contribution in [0.25, 0.3) is 105 Å². The number of para-hydroxylation sites is 6. The lowest BCUT2D eigenvalue weighted by Crippen LogP contribution is -2.06. The summed E-state index contributed by atoms with van der Waals surface area (Å²) in [4.78, 5) is 5.19. The monoisotopic (exact) mass is 717 g/mol. The number of nitrogens with zero attached hydrogens (tertiary/aromatic N) is 5. The summed E-state index contributed by atoms with van der Waals surface area (Å²) >= 11 is 0. The lowest BCUT2D eigenvalue weighted by Gasteiger charge is -2.18. The average Bonchev–Trinajstić information content (AvgIpc) is 4.04. The summed E-state index contributed by atoms with van der Waals surface area (Å²) in [7, 11) is 0. The SMILES string of the molecule is c1ccc(-c2nc(-c3ccccc3)n(-c3cccc4c5ccccc5n(-c5ccccc5-n5c6ccccc6c6ccc7c8ccccc8oc7c65)c34)n2)cc1. The molecule has 4 aromatic heterocycles. The normalized spacial score (nSPS) is 11.9. The first-order valence-corrected chi connectivity index (χ1v) is 18.9. The standard InChI is InChI=1S/C50H31N5O/c1-3-16-32(17-4-1)49-51-50(33-18-5-2-6-19-33)55(52-49)44-28-15-23-37-34-20-7-10-24-40(34)53(46(37)44)42-26-12-13-27-43(42)54-41-25-11-8-21-35(41)38-30-31-39-36-22-9-14-29-45(36)56-48(39)47(38)54/h1-31H. The molecule has 8 aromatic carbocycles. The number of hydrogen-bond acceptors (Lipinski definition) is 3. The summed E-state index contributed by atoms with van der Waals surface area (Å²) in [5.74, 6) is 1.45. The minimum Gasteiger partial charge on any atom is -0.454 e. The quantitative estimate of drug-likeness (QED) is 0.178. The Labute approximate surface area is 320 Å². The van der Waals surface area contributed by atoms with Gasteiger partial charge in [-0.25, -0.2) is 9.67 Å². The van der Waals surface area contributed by atoms with Gasteiger partial charge in [0.1, 0.15) is 5.58 Å². The van der Waals surface area contributed by atoms with Crippen LogP contribution < -0.4 is 0 Å². The highest BCUT2D eigenvalue weighted by atomic mass is 16.3. The first kappa shape index (κ1) is 30.7. The Hall–Kier alpha value is -7.70. The third kappa shape index (κ3) is 4.38. The Morgan fingerprint density at radius 3 is 1.61 bits per heavy atom. The van der Waals surface area contributed by atoms with Crippen molar-refractivity contribution in [3.05, 3.63) is 188 Å². The molecule has 0 aliphatic carbocycles. The van der Waals surface area contributed by atoms with Gasteiger partial charge in [-0.05, 0) is 42.5 Å². The van der Waals surface area contributed by atoms with Gasteiger partial charge in [-0.1, -0.05) is 146 Å². The molecule has 0 bridgehead atoms. The van der Waals surface area contributed by atoms with E-state index in [2.05, 4.69) is 167 Å². The van der Waals surface area contributed by atoms with Gasteiger partial charge in [0.05, 0.1) is 39.1 Å². The van der Waals surface area contributed by atoms with Gasteiger partial charge in [-0.2, -0.15) is 0 Å². The van der Waals surface area contributed by atoms with Gasteiger partial charge < -0.3 is 13.6 Å². The van der Waals surface area contributed by atoms with Gasteiger partial charge in [-0.15, -0.1) is 5.10 Å². The topological polar surface area (TPSA) is 53.7 Å². The lowest BCUT2D eigenvalue weighted by atomic mass is 10.1. The van der Waals surface area contributed by atoms with Crippen molar-refractivity contribution in [2.75, 3.05) is 0 Å². The van der Waals surface area contributed by atoms with Crippen LogP contribution in [0.15, 0.2) is 192 Å². The molecule has 0 fully saturated rings. The Bertz CT molecular complexity index is 3480. The van der Waals surface area contributed by atoms with Gasteiger partial charge in [-0.3, -0.25) is 0 Å². The highest BCUT2D eigenvalue weighted by Crippen LogP contribution is 2.43. The van der Waals surface area contributed by atoms with Gasteiger partial charge >= 0.3 is 0 Å². The summed E-state index contributed by atoms with van der Waals surface area (Å²) < 4.78 is 13.6. The molecule has 0 saturated heterocycles. The number of rotatable bonds is 5. The molecule has 0 aliphatic rings. The van der Waals surface area contributed by atoms with Gasteiger partial charge in [0.2, 0.25) is 0 Å². The fraction of sp³-hybridized carbons (Fsp3) is 0. The maximum Gasteiger partial charge on any atom is 0.182 e. The van der Waals surface area contributed by atoms with Gasteiger partial charge in [0, 0.05) is 43.4 Å². The number of hydrogen-bond donors (Lipinski definition) is 0. The molecule has 0 N–H and O–H groups in total. The highest BCUT2D eigenvalue weighted by molar-refractivity contribution is 6.22. The number of fused-ring (bicyclic) bond motifs is 10. The molecule has 56 heavy (non-hydrogen) atoms. The number of aromatic nitrogens is 5. The molecule has 0 radical (unpaired) electrons. The molecule has 0 amide bonds. The van der Waals surface area contributed by atoms with E-state index in [4.69, 9.17) is 14.5 Å². The second-order valence-electron chi connectivity index (χ2n) is 14.2. The van der Waals surface area contributed by atoms with Crippen LogP contribution in [0.4, 0.5) is 0 Å². The molecule has 0 aliphatic heterocycles.